The van der Waals surface area contributed by atoms with E-state index in [1.165, 1.54) is 0 Å². The zero-order chi connectivity index (χ0) is 34.5. The number of aromatic nitrogens is 2. The Bertz CT molecular complexity index is 1660. The number of rotatable bonds is 14. The topological polar surface area (TPSA) is 190 Å². The first-order valence-corrected chi connectivity index (χ1v) is 15.8. The Morgan fingerprint density at radius 3 is 2.10 bits per heavy atom. The van der Waals surface area contributed by atoms with Gasteiger partial charge in [0.2, 0.25) is 11.8 Å². The van der Waals surface area contributed by atoms with Gasteiger partial charge in [0, 0.05) is 37.0 Å². The Hall–Kier alpha value is -5.65. The summed E-state index contributed by atoms with van der Waals surface area (Å²) in [4.78, 5) is 51.7. The first-order chi connectivity index (χ1) is 23.0. The molecule has 1 aromatic heterocycles. The highest BCUT2D eigenvalue weighted by molar-refractivity contribution is 5.91. The molecule has 0 aliphatic heterocycles. The van der Waals surface area contributed by atoms with Gasteiger partial charge in [0.15, 0.2) is 5.96 Å². The molecule has 3 aromatic carbocycles. The molecule has 0 bridgehead atoms. The van der Waals surface area contributed by atoms with E-state index in [-0.39, 0.29) is 37.8 Å². The number of nitrogens with zero attached hydrogens (tertiary/aromatic N) is 2. The Morgan fingerprint density at radius 1 is 0.833 bits per heavy atom. The smallest absolute Gasteiger partial charge is 0.408 e. The number of imidazole rings is 1. The molecule has 4 rings (SSSR count). The van der Waals surface area contributed by atoms with Crippen molar-refractivity contribution in [1.82, 2.24) is 25.9 Å². The second-order valence-electron chi connectivity index (χ2n) is 12.3. The predicted molar refractivity (Wildman–Crippen MR) is 186 cm³/mol. The van der Waals surface area contributed by atoms with E-state index < -0.39 is 29.7 Å². The maximum Gasteiger partial charge on any atom is 0.408 e. The van der Waals surface area contributed by atoms with Crippen LogP contribution in [0, 0.1) is 0 Å². The van der Waals surface area contributed by atoms with Crippen molar-refractivity contribution in [2.75, 3.05) is 6.54 Å². The third-order valence-corrected chi connectivity index (χ3v) is 7.21. The molecule has 1 heterocycles. The minimum absolute atomic E-state index is 0.0585. The summed E-state index contributed by atoms with van der Waals surface area (Å²) in [5.41, 5.74) is 14.7. The first kappa shape index (κ1) is 35.2. The van der Waals surface area contributed by atoms with Gasteiger partial charge in [-0.25, -0.2) is 9.78 Å². The lowest BCUT2D eigenvalue weighted by Crippen LogP contribution is -2.55. The fraction of sp³-hybridized carbons (Fsp3) is 0.306. The largest absolute Gasteiger partial charge is 0.444 e. The third-order valence-electron chi connectivity index (χ3n) is 7.21. The number of carbonyl (C=O) groups excluding carboxylic acids is 3. The van der Waals surface area contributed by atoms with Crippen molar-refractivity contribution in [3.8, 4) is 22.5 Å². The van der Waals surface area contributed by atoms with E-state index in [9.17, 15) is 14.4 Å². The molecule has 2 atom stereocenters. The van der Waals surface area contributed by atoms with E-state index in [0.717, 1.165) is 22.3 Å². The standard InChI is InChI=1S/C36H44N8O4/c1-36(2,3)48-35(47)44-30(21-28-23-40-31(42-28)27-18-16-26(17-19-27)25-13-8-5-9-14-25)33(46)43-29(15-10-20-39-34(37)38)32(45)41-22-24-11-6-4-7-12-24/h4-9,11-14,16-19,23,29-30H,10,15,20-22H2,1-3H3,(H,40,42)(H,41,45)(H,43,46)(H,44,47)(H4,37,38,39)/t29-,30-/m0/s1. The van der Waals surface area contributed by atoms with Gasteiger partial charge in [0.25, 0.3) is 0 Å². The van der Waals surface area contributed by atoms with Crippen molar-refractivity contribution in [2.24, 2.45) is 16.5 Å². The number of hydrogen-bond donors (Lipinski definition) is 6. The molecular formula is C36H44N8O4. The quantitative estimate of drug-likeness (QED) is 0.0673. The zero-order valence-corrected chi connectivity index (χ0v) is 27.5. The van der Waals surface area contributed by atoms with Crippen molar-refractivity contribution in [1.29, 1.82) is 0 Å². The number of aromatic amines is 1. The van der Waals surface area contributed by atoms with E-state index in [4.69, 9.17) is 16.2 Å². The van der Waals surface area contributed by atoms with E-state index in [2.05, 4.69) is 30.9 Å². The molecule has 0 aliphatic rings. The summed E-state index contributed by atoms with van der Waals surface area (Å²) in [5.74, 6) is -0.391. The Labute approximate surface area is 280 Å². The zero-order valence-electron chi connectivity index (χ0n) is 27.5. The Kier molecular flexibility index (Phi) is 12.3. The van der Waals surface area contributed by atoms with Crippen LogP contribution in [0.3, 0.4) is 0 Å². The lowest BCUT2D eigenvalue weighted by Gasteiger charge is -2.25. The average Bonchev–Trinajstić information content (AvgIpc) is 3.53. The molecule has 3 amide bonds. The summed E-state index contributed by atoms with van der Waals surface area (Å²) >= 11 is 0. The van der Waals surface area contributed by atoms with Crippen LogP contribution in [0.15, 0.2) is 96.1 Å². The maximum absolute atomic E-state index is 13.8. The normalized spacial score (nSPS) is 12.3. The van der Waals surface area contributed by atoms with Gasteiger partial charge >= 0.3 is 6.09 Å². The highest BCUT2D eigenvalue weighted by atomic mass is 16.6. The average molecular weight is 653 g/mol. The Morgan fingerprint density at radius 2 is 1.46 bits per heavy atom. The molecule has 0 unspecified atom stereocenters. The molecule has 0 aliphatic carbocycles. The lowest BCUT2D eigenvalue weighted by atomic mass is 10.0. The van der Waals surface area contributed by atoms with Gasteiger partial charge in [-0.2, -0.15) is 0 Å². The number of benzene rings is 3. The molecule has 0 fully saturated rings. The van der Waals surface area contributed by atoms with E-state index >= 15 is 0 Å². The van der Waals surface area contributed by atoms with E-state index in [0.29, 0.717) is 17.9 Å². The van der Waals surface area contributed by atoms with Crippen LogP contribution in [0.25, 0.3) is 22.5 Å². The van der Waals surface area contributed by atoms with Crippen molar-refractivity contribution in [3.05, 3.63) is 102 Å². The van der Waals surface area contributed by atoms with Crippen molar-refractivity contribution >= 4 is 23.9 Å². The molecule has 4 aromatic rings. The van der Waals surface area contributed by atoms with Gasteiger partial charge in [-0.1, -0.05) is 84.9 Å². The molecule has 48 heavy (non-hydrogen) atoms. The van der Waals surface area contributed by atoms with Crippen LogP contribution in [0.2, 0.25) is 0 Å². The molecule has 0 saturated carbocycles. The van der Waals surface area contributed by atoms with E-state index in [1.807, 2.05) is 84.9 Å². The summed E-state index contributed by atoms with van der Waals surface area (Å²) in [6, 6.07) is 25.4. The number of guanidine groups is 1. The van der Waals surface area contributed by atoms with Gasteiger partial charge < -0.3 is 37.1 Å². The fourth-order valence-electron chi connectivity index (χ4n) is 4.89. The Balaban J connectivity index is 1.50. The molecule has 12 heteroatoms. The van der Waals surface area contributed by atoms with Gasteiger partial charge in [-0.3, -0.25) is 14.6 Å². The monoisotopic (exact) mass is 652 g/mol. The second-order valence-corrected chi connectivity index (χ2v) is 12.3. The second kappa shape index (κ2) is 16.8. The number of alkyl carbamates (subject to hydrolysis) is 1. The number of nitrogens with two attached hydrogens (primary N) is 2. The number of ether oxygens (including phenoxy) is 1. The van der Waals surface area contributed by atoms with Crippen LogP contribution in [0.5, 0.6) is 0 Å². The van der Waals surface area contributed by atoms with Crippen LogP contribution in [0.4, 0.5) is 4.79 Å². The van der Waals surface area contributed by atoms with Crippen molar-refractivity contribution in [2.45, 2.75) is 64.3 Å². The van der Waals surface area contributed by atoms with Gasteiger partial charge in [-0.15, -0.1) is 0 Å². The highest BCUT2D eigenvalue weighted by Gasteiger charge is 2.29. The number of aliphatic imine (C=N–C) groups is 1. The summed E-state index contributed by atoms with van der Waals surface area (Å²) in [7, 11) is 0. The number of H-pyrrole nitrogens is 1. The van der Waals surface area contributed by atoms with Crippen LogP contribution in [0.1, 0.15) is 44.9 Å². The van der Waals surface area contributed by atoms with Crippen LogP contribution in [-0.4, -0.2) is 58.1 Å². The number of carbonyl (C=O) groups is 3. The predicted octanol–water partition coefficient (Wildman–Crippen LogP) is 4.03. The van der Waals surface area contributed by atoms with Crippen molar-refractivity contribution < 1.29 is 19.1 Å². The van der Waals surface area contributed by atoms with Gasteiger partial charge in [0.1, 0.15) is 23.5 Å². The third kappa shape index (κ3) is 11.3. The highest BCUT2D eigenvalue weighted by Crippen LogP contribution is 2.23. The van der Waals surface area contributed by atoms with Crippen LogP contribution < -0.4 is 27.4 Å². The molecular weight excluding hydrogens is 608 g/mol. The van der Waals surface area contributed by atoms with E-state index in [1.54, 1.807) is 27.0 Å². The minimum Gasteiger partial charge on any atom is -0.444 e. The minimum atomic E-state index is -1.09. The summed E-state index contributed by atoms with van der Waals surface area (Å²) < 4.78 is 5.45. The van der Waals surface area contributed by atoms with Crippen LogP contribution >= 0.6 is 0 Å². The number of nitrogens with one attached hydrogen (secondary N) is 4. The van der Waals surface area contributed by atoms with Crippen LogP contribution in [-0.2, 0) is 27.3 Å². The first-order valence-electron chi connectivity index (χ1n) is 15.8. The summed E-state index contributed by atoms with van der Waals surface area (Å²) in [6.07, 6.45) is 1.61. The molecule has 0 saturated heterocycles. The number of amides is 3. The summed E-state index contributed by atoms with van der Waals surface area (Å²) in [5, 5.41) is 8.38. The molecule has 0 radical (unpaired) electrons. The SMILES string of the molecule is CC(C)(C)OC(=O)N[C@@H](Cc1cnc(-c2ccc(-c3ccccc3)cc2)[nH]1)C(=O)N[C@@H](CCCN=C(N)N)C(=O)NCc1ccccc1. The number of hydrogen-bond acceptors (Lipinski definition) is 6. The van der Waals surface area contributed by atoms with Crippen molar-refractivity contribution in [3.63, 3.8) is 0 Å². The maximum atomic E-state index is 13.8. The fourth-order valence-corrected chi connectivity index (χ4v) is 4.89. The summed E-state index contributed by atoms with van der Waals surface area (Å²) in [6.45, 7) is 5.76. The molecule has 0 spiro atoms. The van der Waals surface area contributed by atoms with Gasteiger partial charge in [0.05, 0.1) is 0 Å². The lowest BCUT2D eigenvalue weighted by molar-refractivity contribution is -0.130. The molecule has 252 valence electrons. The molecule has 12 nitrogen and oxygen atoms in total. The molecule has 8 N–H and O–H groups in total. The van der Waals surface area contributed by atoms with Gasteiger partial charge in [-0.05, 0) is 50.3 Å².